The minimum absolute atomic E-state index is 0.0141. The highest BCUT2D eigenvalue weighted by molar-refractivity contribution is 7.89. The van der Waals surface area contributed by atoms with Crippen LogP contribution in [0.4, 0.5) is 5.69 Å². The molecule has 7 nitrogen and oxygen atoms in total. The third kappa shape index (κ3) is 6.13. The van der Waals surface area contributed by atoms with Gasteiger partial charge in [-0.3, -0.25) is 9.59 Å². The van der Waals surface area contributed by atoms with Gasteiger partial charge in [0.2, 0.25) is 10.0 Å². The number of ketones is 1. The third-order valence-corrected chi connectivity index (χ3v) is 5.78. The molecule has 0 aliphatic rings. The van der Waals surface area contributed by atoms with Gasteiger partial charge >= 0.3 is 5.97 Å². The van der Waals surface area contributed by atoms with E-state index in [0.29, 0.717) is 5.56 Å². The number of ether oxygens (including phenoxy) is 1. The number of hydrogen-bond donors (Lipinski definition) is 1. The number of carbonyl (C=O) groups excluding carboxylic acids is 2. The van der Waals surface area contributed by atoms with Crippen LogP contribution in [-0.2, 0) is 19.6 Å². The quantitative estimate of drug-likeness (QED) is 0.497. The van der Waals surface area contributed by atoms with E-state index in [1.165, 1.54) is 12.1 Å². The molecule has 0 amide bonds. The predicted octanol–water partition coefficient (Wildman–Crippen LogP) is 2.54. The number of hydrogen-bond acceptors (Lipinski definition) is 6. The highest BCUT2D eigenvalue weighted by Gasteiger charge is 2.29. The summed E-state index contributed by atoms with van der Waals surface area (Å²) in [7, 11) is -0.230. The van der Waals surface area contributed by atoms with Crippen LogP contribution >= 0.6 is 0 Å². The van der Waals surface area contributed by atoms with Crippen molar-refractivity contribution in [3.63, 3.8) is 0 Å². The Morgan fingerprint density at radius 2 is 1.62 bits per heavy atom. The molecule has 0 heterocycles. The zero-order valence-electron chi connectivity index (χ0n) is 17.0. The molecular weight excluding hydrogens is 392 g/mol. The van der Waals surface area contributed by atoms with E-state index in [1.807, 2.05) is 25.9 Å². The van der Waals surface area contributed by atoms with E-state index in [2.05, 4.69) is 4.72 Å². The van der Waals surface area contributed by atoms with Gasteiger partial charge < -0.3 is 9.64 Å². The Morgan fingerprint density at radius 3 is 2.14 bits per heavy atom. The minimum Gasteiger partial charge on any atom is -0.465 e. The number of esters is 1. The Labute approximate surface area is 171 Å². The Morgan fingerprint density at radius 1 is 1.03 bits per heavy atom. The van der Waals surface area contributed by atoms with Crippen molar-refractivity contribution in [1.82, 2.24) is 4.72 Å². The van der Waals surface area contributed by atoms with Crippen LogP contribution < -0.4 is 9.62 Å². The van der Waals surface area contributed by atoms with E-state index in [9.17, 15) is 18.0 Å². The molecule has 2 rings (SSSR count). The van der Waals surface area contributed by atoms with Gasteiger partial charge in [0.05, 0.1) is 11.5 Å². The maximum atomic E-state index is 12.7. The second-order valence-corrected chi connectivity index (χ2v) is 8.52. The SMILES string of the molecule is CCOC(=O)[C@H](CC(=O)c1ccc(N(C)C)cc1)NS(=O)(=O)c1ccc(C)cc1. The van der Waals surface area contributed by atoms with Gasteiger partial charge in [-0.05, 0) is 50.2 Å². The number of carbonyl (C=O) groups is 2. The molecule has 156 valence electrons. The van der Waals surface area contributed by atoms with Gasteiger partial charge in [-0.2, -0.15) is 4.72 Å². The number of aryl methyl sites for hydroxylation is 1. The number of rotatable bonds is 9. The van der Waals surface area contributed by atoms with Gasteiger partial charge in [-0.15, -0.1) is 0 Å². The molecule has 0 bridgehead atoms. The number of Topliss-reactive ketones (excluding diaryl/α,β-unsaturated/α-hetero) is 1. The molecule has 0 unspecified atom stereocenters. The summed E-state index contributed by atoms with van der Waals surface area (Å²) < 4.78 is 32.6. The first-order valence-electron chi connectivity index (χ1n) is 9.20. The molecule has 0 aromatic heterocycles. The highest BCUT2D eigenvalue weighted by Crippen LogP contribution is 2.16. The van der Waals surface area contributed by atoms with Gasteiger partial charge in [0.1, 0.15) is 6.04 Å². The molecule has 1 N–H and O–H groups in total. The van der Waals surface area contributed by atoms with Gasteiger partial charge in [0.15, 0.2) is 5.78 Å². The van der Waals surface area contributed by atoms with Crippen molar-refractivity contribution in [2.45, 2.75) is 31.2 Å². The predicted molar refractivity (Wildman–Crippen MR) is 112 cm³/mol. The standard InChI is InChI=1S/C21H26N2O5S/c1-5-28-21(25)19(22-29(26,27)18-12-6-15(2)7-13-18)14-20(24)16-8-10-17(11-9-16)23(3)4/h6-13,19,22H,5,14H2,1-4H3/t19-/m0/s1. The molecule has 0 spiro atoms. The molecule has 29 heavy (non-hydrogen) atoms. The van der Waals surface area contributed by atoms with E-state index in [1.54, 1.807) is 43.3 Å². The summed E-state index contributed by atoms with van der Waals surface area (Å²) in [6.07, 6.45) is -0.342. The van der Waals surface area contributed by atoms with Crippen LogP contribution in [0.5, 0.6) is 0 Å². The molecule has 0 saturated heterocycles. The molecule has 1 atom stereocenters. The zero-order valence-corrected chi connectivity index (χ0v) is 17.8. The Hall–Kier alpha value is -2.71. The van der Waals surface area contributed by atoms with Gasteiger partial charge in [-0.1, -0.05) is 17.7 Å². The van der Waals surface area contributed by atoms with Gasteiger partial charge in [-0.25, -0.2) is 8.42 Å². The fourth-order valence-corrected chi connectivity index (χ4v) is 3.82. The van der Waals surface area contributed by atoms with Crippen LogP contribution in [0.2, 0.25) is 0 Å². The van der Waals surface area contributed by atoms with E-state index in [-0.39, 0.29) is 23.7 Å². The highest BCUT2D eigenvalue weighted by atomic mass is 32.2. The summed E-state index contributed by atoms with van der Waals surface area (Å²) in [6, 6.07) is 11.7. The van der Waals surface area contributed by atoms with Gasteiger partial charge in [0.25, 0.3) is 0 Å². The van der Waals surface area contributed by atoms with Crippen molar-refractivity contribution < 1.29 is 22.7 Å². The summed E-state index contributed by atoms with van der Waals surface area (Å²) in [5.74, 6) is -1.15. The monoisotopic (exact) mass is 418 g/mol. The smallest absolute Gasteiger partial charge is 0.324 e. The topological polar surface area (TPSA) is 92.8 Å². The van der Waals surface area contributed by atoms with Gasteiger partial charge in [0, 0.05) is 31.8 Å². The third-order valence-electron chi connectivity index (χ3n) is 4.30. The number of benzene rings is 2. The van der Waals surface area contributed by atoms with Crippen molar-refractivity contribution in [3.8, 4) is 0 Å². The summed E-state index contributed by atoms with van der Waals surface area (Å²) in [4.78, 5) is 26.9. The lowest BCUT2D eigenvalue weighted by Crippen LogP contribution is -2.43. The van der Waals surface area contributed by atoms with Crippen molar-refractivity contribution in [2.75, 3.05) is 25.6 Å². The second-order valence-electron chi connectivity index (χ2n) is 6.81. The molecule has 0 aliphatic carbocycles. The van der Waals surface area contributed by atoms with Crippen molar-refractivity contribution in [2.24, 2.45) is 0 Å². The molecule has 2 aromatic carbocycles. The molecule has 0 aliphatic heterocycles. The summed E-state index contributed by atoms with van der Waals surface area (Å²) >= 11 is 0. The summed E-state index contributed by atoms with van der Waals surface area (Å²) in [5, 5.41) is 0. The molecule has 0 saturated carbocycles. The van der Waals surface area contributed by atoms with E-state index in [4.69, 9.17) is 4.74 Å². The normalized spacial score (nSPS) is 12.3. The van der Waals surface area contributed by atoms with Crippen molar-refractivity contribution in [3.05, 3.63) is 59.7 Å². The van der Waals surface area contributed by atoms with E-state index >= 15 is 0 Å². The maximum absolute atomic E-state index is 12.7. The average Bonchev–Trinajstić information content (AvgIpc) is 2.67. The zero-order chi connectivity index (χ0) is 21.6. The lowest BCUT2D eigenvalue weighted by atomic mass is 10.0. The first kappa shape index (κ1) is 22.6. The Balaban J connectivity index is 2.22. The van der Waals surface area contributed by atoms with Crippen LogP contribution in [-0.4, -0.2) is 46.9 Å². The van der Waals surface area contributed by atoms with Crippen molar-refractivity contribution in [1.29, 1.82) is 0 Å². The van der Waals surface area contributed by atoms with Crippen LogP contribution in [0.15, 0.2) is 53.4 Å². The van der Waals surface area contributed by atoms with Crippen LogP contribution in [0.1, 0.15) is 29.3 Å². The fourth-order valence-electron chi connectivity index (χ4n) is 2.64. The average molecular weight is 419 g/mol. The number of sulfonamides is 1. The number of nitrogens with one attached hydrogen (secondary N) is 1. The molecule has 8 heteroatoms. The molecule has 2 aromatic rings. The number of nitrogens with zero attached hydrogens (tertiary/aromatic N) is 1. The second kappa shape index (κ2) is 9.67. The summed E-state index contributed by atoms with van der Waals surface area (Å²) in [6.45, 7) is 3.53. The van der Waals surface area contributed by atoms with Crippen molar-refractivity contribution >= 4 is 27.5 Å². The number of anilines is 1. The molecule has 0 radical (unpaired) electrons. The lowest BCUT2D eigenvalue weighted by Gasteiger charge is -2.17. The minimum atomic E-state index is -4.00. The largest absolute Gasteiger partial charge is 0.465 e. The van der Waals surface area contributed by atoms with Crippen LogP contribution in [0.3, 0.4) is 0 Å². The first-order chi connectivity index (χ1) is 13.6. The Kier molecular flexibility index (Phi) is 7.53. The molecule has 0 fully saturated rings. The van der Waals surface area contributed by atoms with Crippen LogP contribution in [0.25, 0.3) is 0 Å². The fraction of sp³-hybridized carbons (Fsp3) is 0.333. The lowest BCUT2D eigenvalue weighted by molar-refractivity contribution is -0.145. The summed E-state index contributed by atoms with van der Waals surface area (Å²) in [5.41, 5.74) is 2.21. The Bertz CT molecular complexity index is 952. The van der Waals surface area contributed by atoms with E-state index < -0.39 is 22.0 Å². The van der Waals surface area contributed by atoms with E-state index in [0.717, 1.165) is 11.3 Å². The maximum Gasteiger partial charge on any atom is 0.324 e. The van der Waals surface area contributed by atoms with Crippen LogP contribution in [0, 0.1) is 6.92 Å². The first-order valence-corrected chi connectivity index (χ1v) is 10.7. The molecular formula is C21H26N2O5S.